The fraction of sp³-hybridized carbons (Fsp3) is 0.600. The van der Waals surface area contributed by atoms with Gasteiger partial charge in [-0.05, 0) is 56.2 Å². The van der Waals surface area contributed by atoms with E-state index in [1.165, 1.54) is 0 Å². The molecule has 3 heterocycles. The molecule has 0 bridgehead atoms. The summed E-state index contributed by atoms with van der Waals surface area (Å²) in [7, 11) is 0. The third-order valence-corrected chi connectivity index (χ3v) is 7.28. The second-order valence-corrected chi connectivity index (χ2v) is 9.93. The van der Waals surface area contributed by atoms with Crippen LogP contribution in [0.2, 0.25) is 0 Å². The lowest BCUT2D eigenvalue weighted by molar-refractivity contribution is -0.137. The Balaban J connectivity index is 1.26. The van der Waals surface area contributed by atoms with Crippen molar-refractivity contribution in [1.29, 1.82) is 0 Å². The number of hydrogen-bond acceptors (Lipinski definition) is 6. The molecule has 0 unspecified atom stereocenters. The maximum atomic E-state index is 14.0. The quantitative estimate of drug-likeness (QED) is 0.694. The number of nitrogens with zero attached hydrogens (tertiary/aromatic N) is 3. The average Bonchev–Trinajstić information content (AvgIpc) is 3.33. The van der Waals surface area contributed by atoms with Gasteiger partial charge in [-0.2, -0.15) is 13.2 Å². The Labute approximate surface area is 197 Å². The van der Waals surface area contributed by atoms with Gasteiger partial charge in [0.15, 0.2) is 5.82 Å². The Bertz CT molecular complexity index is 1010. The number of alkyl halides is 3. The first-order valence-electron chi connectivity index (χ1n) is 12.0. The predicted octanol–water partition coefficient (Wildman–Crippen LogP) is 4.32. The van der Waals surface area contributed by atoms with Gasteiger partial charge in [0, 0.05) is 31.2 Å². The van der Waals surface area contributed by atoms with Crippen LogP contribution in [0.5, 0.6) is 0 Å². The van der Waals surface area contributed by atoms with E-state index in [-0.39, 0.29) is 23.7 Å². The molecule has 5 rings (SSSR count). The fourth-order valence-electron chi connectivity index (χ4n) is 5.65. The first-order chi connectivity index (χ1) is 16.3. The van der Waals surface area contributed by atoms with Crippen LogP contribution < -0.4 is 5.32 Å². The van der Waals surface area contributed by atoms with E-state index >= 15 is 0 Å². The van der Waals surface area contributed by atoms with Crippen molar-refractivity contribution >= 4 is 5.82 Å². The normalized spacial score (nSPS) is 27.7. The molecule has 2 aliphatic heterocycles. The van der Waals surface area contributed by atoms with Crippen molar-refractivity contribution in [3.05, 3.63) is 41.0 Å². The smallest absolute Gasteiger partial charge is 0.376 e. The molecule has 4 atom stereocenters. The molecular weight excluding hydrogens is 445 g/mol. The highest BCUT2D eigenvalue weighted by atomic mass is 19.4. The molecule has 184 valence electrons. The number of fused-ring (bicyclic) bond motifs is 1. The number of aromatic nitrogens is 2. The second-order valence-electron chi connectivity index (χ2n) is 9.93. The lowest BCUT2D eigenvalue weighted by Crippen LogP contribution is -2.39. The first-order valence-corrected chi connectivity index (χ1v) is 12.0. The van der Waals surface area contributed by atoms with E-state index in [0.717, 1.165) is 49.7 Å². The van der Waals surface area contributed by atoms with Gasteiger partial charge in [-0.3, -0.25) is 0 Å². The number of halogens is 3. The zero-order valence-electron chi connectivity index (χ0n) is 19.6. The zero-order valence-corrected chi connectivity index (χ0v) is 19.6. The van der Waals surface area contributed by atoms with E-state index in [0.29, 0.717) is 37.2 Å². The molecular formula is C25H31F3N4O2. The van der Waals surface area contributed by atoms with Gasteiger partial charge in [0.25, 0.3) is 0 Å². The zero-order chi connectivity index (χ0) is 23.9. The Hall–Kier alpha value is -2.23. The van der Waals surface area contributed by atoms with Crippen LogP contribution >= 0.6 is 0 Å². The lowest BCUT2D eigenvalue weighted by Gasteiger charge is -2.28. The highest BCUT2D eigenvalue weighted by Gasteiger charge is 2.43. The lowest BCUT2D eigenvalue weighted by atomic mass is 10.0. The van der Waals surface area contributed by atoms with Crippen molar-refractivity contribution in [2.24, 2.45) is 11.8 Å². The molecule has 0 amide bonds. The number of nitrogens with one attached hydrogen (secondary N) is 1. The van der Waals surface area contributed by atoms with Crippen LogP contribution in [0, 0.1) is 25.7 Å². The van der Waals surface area contributed by atoms with Crippen LogP contribution in [0.3, 0.4) is 0 Å². The van der Waals surface area contributed by atoms with Gasteiger partial charge >= 0.3 is 6.18 Å². The summed E-state index contributed by atoms with van der Waals surface area (Å²) in [5.74, 6) is 0.771. The molecule has 1 aromatic carbocycles. The average molecular weight is 477 g/mol. The summed E-state index contributed by atoms with van der Waals surface area (Å²) in [6.07, 6.45) is -2.73. The van der Waals surface area contributed by atoms with E-state index in [1.807, 2.05) is 32.0 Å². The standard InChI is InChI=1S/C25H31F3N4O2/c1-15-3-4-16(2)21(7-15)23-10-22(25(26,27)28)24(31-30-23)29-19-8-17-11-32(12-18(17)9-19)13-20-14-33-5-6-34-20/h3-4,7,10,17-20H,5-6,8-9,11-14H2,1-2H3,(H,29,31)/t17-,18+,19+,20-/m0/s1. The highest BCUT2D eigenvalue weighted by Crippen LogP contribution is 2.41. The van der Waals surface area contributed by atoms with E-state index in [4.69, 9.17) is 9.47 Å². The largest absolute Gasteiger partial charge is 0.420 e. The van der Waals surface area contributed by atoms with Gasteiger partial charge in [-0.15, -0.1) is 10.2 Å². The minimum Gasteiger partial charge on any atom is -0.376 e. The van der Waals surface area contributed by atoms with Crippen molar-refractivity contribution in [2.75, 3.05) is 44.8 Å². The molecule has 2 saturated heterocycles. The van der Waals surface area contributed by atoms with Crippen LogP contribution in [0.15, 0.2) is 24.3 Å². The van der Waals surface area contributed by atoms with Crippen molar-refractivity contribution in [3.63, 3.8) is 0 Å². The maximum Gasteiger partial charge on any atom is 0.420 e. The third kappa shape index (κ3) is 5.06. The summed E-state index contributed by atoms with van der Waals surface area (Å²) in [4.78, 5) is 2.41. The Kier molecular flexibility index (Phi) is 6.52. The van der Waals surface area contributed by atoms with Crippen LogP contribution in [0.25, 0.3) is 11.3 Å². The van der Waals surface area contributed by atoms with E-state index in [9.17, 15) is 13.2 Å². The summed E-state index contributed by atoms with van der Waals surface area (Å²) in [5, 5.41) is 11.3. The van der Waals surface area contributed by atoms with Crippen molar-refractivity contribution < 1.29 is 22.6 Å². The van der Waals surface area contributed by atoms with Gasteiger partial charge in [0.05, 0.1) is 31.6 Å². The van der Waals surface area contributed by atoms with Crippen molar-refractivity contribution in [2.45, 2.75) is 45.0 Å². The SMILES string of the molecule is Cc1ccc(C)c(-c2cc(C(F)(F)F)c(N[C@H]3C[C@@H]4CN(C[C@H]5COCCO5)C[C@@H]4C3)nn2)c1. The van der Waals surface area contributed by atoms with Crippen LogP contribution in [-0.4, -0.2) is 66.7 Å². The highest BCUT2D eigenvalue weighted by molar-refractivity contribution is 5.66. The summed E-state index contributed by atoms with van der Waals surface area (Å²) in [5.41, 5.74) is 1.99. The Morgan fingerprint density at radius 2 is 1.82 bits per heavy atom. The molecule has 1 N–H and O–H groups in total. The third-order valence-electron chi connectivity index (χ3n) is 7.28. The summed E-state index contributed by atoms with van der Waals surface area (Å²) in [6.45, 7) is 8.46. The minimum absolute atomic E-state index is 0.0339. The fourth-order valence-corrected chi connectivity index (χ4v) is 5.65. The Morgan fingerprint density at radius 1 is 1.06 bits per heavy atom. The van der Waals surface area contributed by atoms with Crippen LogP contribution in [0.1, 0.15) is 29.5 Å². The predicted molar refractivity (Wildman–Crippen MR) is 123 cm³/mol. The topological polar surface area (TPSA) is 59.5 Å². The van der Waals surface area contributed by atoms with Gasteiger partial charge < -0.3 is 19.7 Å². The van der Waals surface area contributed by atoms with Gasteiger partial charge in [-0.25, -0.2) is 0 Å². The molecule has 6 nitrogen and oxygen atoms in total. The van der Waals surface area contributed by atoms with Crippen LogP contribution in [0.4, 0.5) is 19.0 Å². The van der Waals surface area contributed by atoms with Crippen LogP contribution in [-0.2, 0) is 15.7 Å². The molecule has 3 aliphatic rings. The molecule has 1 aliphatic carbocycles. The van der Waals surface area contributed by atoms with E-state index in [2.05, 4.69) is 20.4 Å². The van der Waals surface area contributed by atoms with Crippen molar-refractivity contribution in [3.8, 4) is 11.3 Å². The molecule has 3 fully saturated rings. The summed E-state index contributed by atoms with van der Waals surface area (Å²) < 4.78 is 53.2. The van der Waals surface area contributed by atoms with Gasteiger partial charge in [0.1, 0.15) is 5.56 Å². The van der Waals surface area contributed by atoms with E-state index < -0.39 is 11.7 Å². The summed E-state index contributed by atoms with van der Waals surface area (Å²) in [6, 6.07) is 6.76. The molecule has 9 heteroatoms. The molecule has 2 aromatic rings. The molecule has 0 spiro atoms. The second kappa shape index (κ2) is 9.43. The minimum atomic E-state index is -4.52. The van der Waals surface area contributed by atoms with Crippen molar-refractivity contribution in [1.82, 2.24) is 15.1 Å². The monoisotopic (exact) mass is 476 g/mol. The molecule has 0 radical (unpaired) electrons. The van der Waals surface area contributed by atoms with Gasteiger partial charge in [-0.1, -0.05) is 17.7 Å². The Morgan fingerprint density at radius 3 is 2.50 bits per heavy atom. The molecule has 1 saturated carbocycles. The number of hydrogen-bond donors (Lipinski definition) is 1. The van der Waals surface area contributed by atoms with Gasteiger partial charge in [0.2, 0.25) is 0 Å². The van der Waals surface area contributed by atoms with E-state index in [1.54, 1.807) is 0 Å². The number of anilines is 1. The number of benzene rings is 1. The maximum absolute atomic E-state index is 14.0. The molecule has 1 aromatic heterocycles. The summed E-state index contributed by atoms with van der Waals surface area (Å²) >= 11 is 0. The number of likely N-dealkylation sites (tertiary alicyclic amines) is 1. The number of aryl methyl sites for hydroxylation is 2. The number of rotatable bonds is 5. The first kappa shape index (κ1) is 23.5. The number of ether oxygens (including phenoxy) is 2. The molecule has 34 heavy (non-hydrogen) atoms.